The van der Waals surface area contributed by atoms with Gasteiger partial charge in [-0.1, -0.05) is 29.8 Å². The highest BCUT2D eigenvalue weighted by atomic mass is 16.1. The zero-order valence-electron chi connectivity index (χ0n) is 6.22. The van der Waals surface area contributed by atoms with Crippen molar-refractivity contribution in [2.75, 3.05) is 0 Å². The fourth-order valence-corrected chi connectivity index (χ4v) is 0.788. The number of hydrogen-bond donors (Lipinski definition) is 0. The number of rotatable bonds is 1. The second-order valence-corrected chi connectivity index (χ2v) is 2.42. The molecule has 1 aromatic rings. The van der Waals surface area contributed by atoms with Gasteiger partial charge in [0.1, 0.15) is 5.68 Å². The van der Waals surface area contributed by atoms with Crippen LogP contribution in [0.5, 0.6) is 0 Å². The smallest absolute Gasteiger partial charge is 0.193 e. The maximum atomic E-state index is 10.8. The molecule has 0 saturated carbocycles. The van der Waals surface area contributed by atoms with Crippen LogP contribution in [-0.4, -0.2) is 13.5 Å². The van der Waals surface area contributed by atoms with Crippen molar-refractivity contribution >= 4 is 13.5 Å². The summed E-state index contributed by atoms with van der Waals surface area (Å²) < 4.78 is 0. The third-order valence-corrected chi connectivity index (χ3v) is 1.46. The number of aryl methyl sites for hydroxylation is 1. The Hall–Kier alpha value is -1.05. The van der Waals surface area contributed by atoms with Gasteiger partial charge in [0.25, 0.3) is 0 Å². The van der Waals surface area contributed by atoms with E-state index >= 15 is 0 Å². The molecule has 0 saturated heterocycles. The van der Waals surface area contributed by atoms with E-state index < -0.39 is 0 Å². The summed E-state index contributed by atoms with van der Waals surface area (Å²) in [5.74, 6) is 0. The highest BCUT2D eigenvalue weighted by Gasteiger charge is 1.94. The van der Waals surface area contributed by atoms with Gasteiger partial charge < -0.3 is 4.79 Å². The van der Waals surface area contributed by atoms with Crippen LogP contribution in [-0.2, 0) is 0 Å². The molecule has 0 aromatic heterocycles. The molecule has 0 unspecified atom stereocenters. The predicted octanol–water partition coefficient (Wildman–Crippen LogP) is 0.768. The Kier molecular flexibility index (Phi) is 1.90. The minimum Gasteiger partial charge on any atom is -0.307 e. The van der Waals surface area contributed by atoms with Crippen LogP contribution in [0.25, 0.3) is 0 Å². The van der Waals surface area contributed by atoms with Crippen molar-refractivity contribution in [1.29, 1.82) is 0 Å². The quantitative estimate of drug-likeness (QED) is 0.515. The lowest BCUT2D eigenvalue weighted by atomic mass is 9.94. The molecule has 1 nitrogen and oxygen atoms in total. The van der Waals surface area contributed by atoms with Crippen LogP contribution < -0.4 is 0 Å². The van der Waals surface area contributed by atoms with E-state index in [0.29, 0.717) is 0 Å². The van der Waals surface area contributed by atoms with Crippen LogP contribution in [0.2, 0.25) is 0 Å². The Morgan fingerprint density at radius 3 is 2.20 bits per heavy atom. The van der Waals surface area contributed by atoms with E-state index in [1.54, 1.807) is 7.85 Å². The molecule has 0 radical (unpaired) electrons. The van der Waals surface area contributed by atoms with Crippen LogP contribution in [0.15, 0.2) is 24.3 Å². The van der Waals surface area contributed by atoms with E-state index in [2.05, 4.69) is 0 Å². The van der Waals surface area contributed by atoms with Crippen molar-refractivity contribution in [1.82, 2.24) is 0 Å². The molecule has 0 atom stereocenters. The lowest BCUT2D eigenvalue weighted by Gasteiger charge is -1.94. The van der Waals surface area contributed by atoms with E-state index in [-0.39, 0.29) is 5.68 Å². The molecule has 0 aliphatic carbocycles. The average Bonchev–Trinajstić information content (AvgIpc) is 1.88. The van der Waals surface area contributed by atoms with Crippen LogP contribution in [0.1, 0.15) is 15.9 Å². The van der Waals surface area contributed by atoms with Gasteiger partial charge in [-0.05, 0) is 6.92 Å². The van der Waals surface area contributed by atoms with E-state index in [1.807, 2.05) is 31.2 Å². The molecule has 0 aliphatic rings. The fourth-order valence-electron chi connectivity index (χ4n) is 0.788. The second kappa shape index (κ2) is 2.69. The topological polar surface area (TPSA) is 17.1 Å². The molecular formula is C8H9BO. The molecule has 0 N–H and O–H groups in total. The summed E-state index contributed by atoms with van der Waals surface area (Å²) in [6.07, 6.45) is 0. The number of carbonyl (C=O) groups is 1. The Labute approximate surface area is 61.5 Å². The molecule has 10 heavy (non-hydrogen) atoms. The SMILES string of the molecule is BC(=O)c1ccc(C)cc1. The normalized spacial score (nSPS) is 9.30. The second-order valence-electron chi connectivity index (χ2n) is 2.42. The molecule has 2 heteroatoms. The van der Waals surface area contributed by atoms with Crippen LogP contribution in [0.4, 0.5) is 0 Å². The first kappa shape index (κ1) is 7.07. The van der Waals surface area contributed by atoms with E-state index in [4.69, 9.17) is 0 Å². The van der Waals surface area contributed by atoms with Crippen LogP contribution in [0, 0.1) is 6.92 Å². The van der Waals surface area contributed by atoms with Gasteiger partial charge in [-0.3, -0.25) is 0 Å². The van der Waals surface area contributed by atoms with Crippen LogP contribution in [0.3, 0.4) is 0 Å². The van der Waals surface area contributed by atoms with Crippen LogP contribution >= 0.6 is 0 Å². The maximum absolute atomic E-state index is 10.8. The van der Waals surface area contributed by atoms with Crippen molar-refractivity contribution < 1.29 is 4.79 Å². The minimum absolute atomic E-state index is 0.125. The predicted molar refractivity (Wildman–Crippen MR) is 44.1 cm³/mol. The third-order valence-electron chi connectivity index (χ3n) is 1.46. The minimum atomic E-state index is 0.125. The summed E-state index contributed by atoms with van der Waals surface area (Å²) in [4.78, 5) is 10.8. The lowest BCUT2D eigenvalue weighted by Crippen LogP contribution is -1.95. The van der Waals surface area contributed by atoms with Gasteiger partial charge in [0.05, 0.1) is 0 Å². The Morgan fingerprint density at radius 1 is 1.30 bits per heavy atom. The van der Waals surface area contributed by atoms with Gasteiger partial charge in [0, 0.05) is 5.56 Å². The molecule has 0 heterocycles. The highest BCUT2D eigenvalue weighted by molar-refractivity contribution is 6.62. The Morgan fingerprint density at radius 2 is 1.80 bits per heavy atom. The number of hydrogen-bond acceptors (Lipinski definition) is 1. The standard InChI is InChI=1S/C8H9BO/c1-6-2-4-7(5-3-6)8(9)10/h2-5H,9H2,1H3. The number of benzene rings is 1. The largest absolute Gasteiger partial charge is 0.307 e. The van der Waals surface area contributed by atoms with Gasteiger partial charge in [-0.25, -0.2) is 0 Å². The maximum Gasteiger partial charge on any atom is 0.193 e. The first-order chi connectivity index (χ1) is 4.70. The molecule has 1 rings (SSSR count). The van der Waals surface area contributed by atoms with Crippen molar-refractivity contribution in [2.45, 2.75) is 6.92 Å². The van der Waals surface area contributed by atoms with Gasteiger partial charge in [0.15, 0.2) is 7.85 Å². The summed E-state index contributed by atoms with van der Waals surface area (Å²) >= 11 is 0. The first-order valence-electron chi connectivity index (χ1n) is 3.28. The van der Waals surface area contributed by atoms with Gasteiger partial charge >= 0.3 is 0 Å². The monoisotopic (exact) mass is 132 g/mol. The first-order valence-corrected chi connectivity index (χ1v) is 3.28. The molecule has 0 spiro atoms. The van der Waals surface area contributed by atoms with E-state index in [1.165, 1.54) is 5.56 Å². The van der Waals surface area contributed by atoms with Crippen molar-refractivity contribution in [2.24, 2.45) is 0 Å². The summed E-state index contributed by atoms with van der Waals surface area (Å²) in [6, 6.07) is 7.57. The molecule has 1 aromatic carbocycles. The zero-order chi connectivity index (χ0) is 7.56. The summed E-state index contributed by atoms with van der Waals surface area (Å²) in [6.45, 7) is 2.00. The molecule has 0 amide bonds. The number of carbonyl (C=O) groups excluding carboxylic acids is 1. The third kappa shape index (κ3) is 1.47. The summed E-state index contributed by atoms with van der Waals surface area (Å²) in [7, 11) is 1.57. The lowest BCUT2D eigenvalue weighted by molar-refractivity contribution is 0.108. The van der Waals surface area contributed by atoms with Gasteiger partial charge in [0.2, 0.25) is 0 Å². The molecular weight excluding hydrogens is 123 g/mol. The van der Waals surface area contributed by atoms with E-state index in [9.17, 15) is 4.79 Å². The van der Waals surface area contributed by atoms with Gasteiger partial charge in [-0.15, -0.1) is 0 Å². The van der Waals surface area contributed by atoms with Crippen molar-refractivity contribution in [3.8, 4) is 0 Å². The van der Waals surface area contributed by atoms with Crippen molar-refractivity contribution in [3.05, 3.63) is 35.4 Å². The Balaban J connectivity index is 3.00. The van der Waals surface area contributed by atoms with E-state index in [0.717, 1.165) is 5.56 Å². The molecule has 50 valence electrons. The molecule has 0 aliphatic heterocycles. The van der Waals surface area contributed by atoms with Gasteiger partial charge in [-0.2, -0.15) is 0 Å². The Bertz CT molecular complexity index is 238. The summed E-state index contributed by atoms with van der Waals surface area (Å²) in [5.41, 5.74) is 2.09. The fraction of sp³-hybridized carbons (Fsp3) is 0.125. The average molecular weight is 132 g/mol. The molecule has 0 bridgehead atoms. The molecule has 0 fully saturated rings. The highest BCUT2D eigenvalue weighted by Crippen LogP contribution is 2.01. The zero-order valence-corrected chi connectivity index (χ0v) is 6.22. The van der Waals surface area contributed by atoms with Crippen molar-refractivity contribution in [3.63, 3.8) is 0 Å². The summed E-state index contributed by atoms with van der Waals surface area (Å²) in [5, 5.41) is 0.